The summed E-state index contributed by atoms with van der Waals surface area (Å²) in [5, 5.41) is 4.92. The third-order valence-electron chi connectivity index (χ3n) is 4.27. The highest BCUT2D eigenvalue weighted by Gasteiger charge is 2.19. The summed E-state index contributed by atoms with van der Waals surface area (Å²) in [4.78, 5) is 0.189. The molecule has 0 atom stereocenters. The molecule has 0 bridgehead atoms. The SMILES string of the molecule is Cc1nn(CCNS(=O)(=O)c2cccc(Cl)c2C)c(C)c1-c1ccco1. The van der Waals surface area contributed by atoms with E-state index in [-0.39, 0.29) is 11.4 Å². The molecule has 138 valence electrons. The maximum Gasteiger partial charge on any atom is 0.240 e. The zero-order valence-electron chi connectivity index (χ0n) is 14.8. The topological polar surface area (TPSA) is 77.1 Å². The Hall–Kier alpha value is -2.09. The van der Waals surface area contributed by atoms with Crippen LogP contribution in [-0.4, -0.2) is 24.7 Å². The van der Waals surface area contributed by atoms with Gasteiger partial charge in [-0.25, -0.2) is 13.1 Å². The molecule has 0 saturated carbocycles. The average Bonchev–Trinajstić information content (AvgIpc) is 3.18. The van der Waals surface area contributed by atoms with Crippen LogP contribution in [0.1, 0.15) is 17.0 Å². The zero-order valence-corrected chi connectivity index (χ0v) is 16.4. The Morgan fingerprint density at radius 2 is 1.96 bits per heavy atom. The summed E-state index contributed by atoms with van der Waals surface area (Å²) < 4.78 is 34.9. The molecule has 2 heterocycles. The molecule has 1 N–H and O–H groups in total. The molecule has 0 radical (unpaired) electrons. The van der Waals surface area contributed by atoms with Gasteiger partial charge in [0.2, 0.25) is 10.0 Å². The Morgan fingerprint density at radius 3 is 2.65 bits per heavy atom. The molecule has 6 nitrogen and oxygen atoms in total. The standard InChI is InChI=1S/C18H20ClN3O3S/c1-12-15(19)6-4-8-17(12)26(23,24)20-9-10-22-14(3)18(13(2)21-22)16-7-5-11-25-16/h4-8,11,20H,9-10H2,1-3H3. The van der Waals surface area contributed by atoms with Crippen molar-refractivity contribution in [2.45, 2.75) is 32.2 Å². The summed E-state index contributed by atoms with van der Waals surface area (Å²) in [6.45, 7) is 6.15. The Morgan fingerprint density at radius 1 is 1.19 bits per heavy atom. The highest BCUT2D eigenvalue weighted by atomic mass is 35.5. The van der Waals surface area contributed by atoms with Gasteiger partial charge in [-0.15, -0.1) is 0 Å². The van der Waals surface area contributed by atoms with Gasteiger partial charge in [-0.1, -0.05) is 17.7 Å². The van der Waals surface area contributed by atoms with Gasteiger partial charge in [-0.3, -0.25) is 4.68 Å². The second kappa shape index (κ2) is 7.26. The van der Waals surface area contributed by atoms with Crippen LogP contribution in [0.2, 0.25) is 5.02 Å². The lowest BCUT2D eigenvalue weighted by Crippen LogP contribution is -2.28. The van der Waals surface area contributed by atoms with Gasteiger partial charge in [0, 0.05) is 17.3 Å². The molecule has 26 heavy (non-hydrogen) atoms. The molecule has 0 saturated heterocycles. The molecule has 0 unspecified atom stereocenters. The van der Waals surface area contributed by atoms with Crippen molar-refractivity contribution in [3.63, 3.8) is 0 Å². The van der Waals surface area contributed by atoms with Crippen molar-refractivity contribution >= 4 is 21.6 Å². The van der Waals surface area contributed by atoms with E-state index in [1.54, 1.807) is 36.1 Å². The smallest absolute Gasteiger partial charge is 0.240 e. The third kappa shape index (κ3) is 3.56. The van der Waals surface area contributed by atoms with Crippen LogP contribution >= 0.6 is 11.6 Å². The number of sulfonamides is 1. The summed E-state index contributed by atoms with van der Waals surface area (Å²) in [6, 6.07) is 8.54. The maximum absolute atomic E-state index is 12.5. The lowest BCUT2D eigenvalue weighted by molar-refractivity contribution is 0.553. The number of rotatable bonds is 6. The Kier molecular flexibility index (Phi) is 5.22. The fourth-order valence-electron chi connectivity index (χ4n) is 2.93. The summed E-state index contributed by atoms with van der Waals surface area (Å²) in [7, 11) is -3.64. The largest absolute Gasteiger partial charge is 0.464 e. The van der Waals surface area contributed by atoms with Crippen molar-refractivity contribution in [3.05, 3.63) is 58.6 Å². The summed E-state index contributed by atoms with van der Waals surface area (Å²) in [6.07, 6.45) is 1.62. The average molecular weight is 394 g/mol. The van der Waals surface area contributed by atoms with Crippen LogP contribution in [0.15, 0.2) is 45.9 Å². The number of benzene rings is 1. The molecule has 0 amide bonds. The molecule has 0 aliphatic rings. The van der Waals surface area contributed by atoms with E-state index in [0.29, 0.717) is 17.1 Å². The van der Waals surface area contributed by atoms with E-state index in [4.69, 9.17) is 16.0 Å². The van der Waals surface area contributed by atoms with Gasteiger partial charge in [-0.2, -0.15) is 5.10 Å². The van der Waals surface area contributed by atoms with Crippen molar-refractivity contribution in [2.24, 2.45) is 0 Å². The normalized spacial score (nSPS) is 11.8. The van der Waals surface area contributed by atoms with Crippen molar-refractivity contribution < 1.29 is 12.8 Å². The zero-order chi connectivity index (χ0) is 18.9. The fourth-order valence-corrected chi connectivity index (χ4v) is 4.45. The first-order valence-electron chi connectivity index (χ1n) is 8.14. The molecule has 0 aliphatic carbocycles. The van der Waals surface area contributed by atoms with Crippen LogP contribution in [0.4, 0.5) is 0 Å². The van der Waals surface area contributed by atoms with Crippen LogP contribution < -0.4 is 4.72 Å². The number of furan rings is 1. The predicted octanol–water partition coefficient (Wildman–Crippen LogP) is 3.70. The Balaban J connectivity index is 1.74. The molecule has 3 rings (SSSR count). The van der Waals surface area contributed by atoms with Gasteiger partial charge >= 0.3 is 0 Å². The second-order valence-electron chi connectivity index (χ2n) is 6.01. The van der Waals surface area contributed by atoms with E-state index in [0.717, 1.165) is 22.7 Å². The van der Waals surface area contributed by atoms with E-state index < -0.39 is 10.0 Å². The Labute approximate surface area is 157 Å². The van der Waals surface area contributed by atoms with E-state index in [1.165, 1.54) is 0 Å². The van der Waals surface area contributed by atoms with Crippen molar-refractivity contribution in [1.29, 1.82) is 0 Å². The first-order chi connectivity index (χ1) is 12.3. The first-order valence-corrected chi connectivity index (χ1v) is 10.00. The molecule has 0 aliphatic heterocycles. The molecule has 2 aromatic heterocycles. The molecule has 0 fully saturated rings. The van der Waals surface area contributed by atoms with E-state index in [9.17, 15) is 8.42 Å². The van der Waals surface area contributed by atoms with Gasteiger partial charge in [0.15, 0.2) is 0 Å². The maximum atomic E-state index is 12.5. The highest BCUT2D eigenvalue weighted by Crippen LogP contribution is 2.27. The summed E-state index contributed by atoms with van der Waals surface area (Å²) in [5.74, 6) is 0.751. The predicted molar refractivity (Wildman–Crippen MR) is 101 cm³/mol. The second-order valence-corrected chi connectivity index (χ2v) is 8.15. The number of hydrogen-bond donors (Lipinski definition) is 1. The molecule has 0 spiro atoms. The van der Waals surface area contributed by atoms with Gasteiger partial charge in [0.25, 0.3) is 0 Å². The summed E-state index contributed by atoms with van der Waals surface area (Å²) in [5.41, 5.74) is 3.23. The van der Waals surface area contributed by atoms with Gasteiger partial charge in [0.1, 0.15) is 5.76 Å². The van der Waals surface area contributed by atoms with Crippen molar-refractivity contribution in [2.75, 3.05) is 6.54 Å². The number of halogens is 1. The minimum atomic E-state index is -3.64. The number of nitrogens with zero attached hydrogens (tertiary/aromatic N) is 2. The van der Waals surface area contributed by atoms with Crippen LogP contribution in [0, 0.1) is 20.8 Å². The van der Waals surface area contributed by atoms with Gasteiger partial charge < -0.3 is 4.42 Å². The monoisotopic (exact) mass is 393 g/mol. The van der Waals surface area contributed by atoms with Gasteiger partial charge in [-0.05, 0) is 50.6 Å². The molecule has 3 aromatic rings. The van der Waals surface area contributed by atoms with Crippen molar-refractivity contribution in [1.82, 2.24) is 14.5 Å². The number of aromatic nitrogens is 2. The summed E-state index contributed by atoms with van der Waals surface area (Å²) >= 11 is 6.02. The number of nitrogens with one attached hydrogen (secondary N) is 1. The lowest BCUT2D eigenvalue weighted by atomic mass is 10.1. The third-order valence-corrected chi connectivity index (χ3v) is 6.29. The Bertz CT molecular complexity index is 1020. The van der Waals surface area contributed by atoms with Crippen LogP contribution in [0.3, 0.4) is 0 Å². The highest BCUT2D eigenvalue weighted by molar-refractivity contribution is 7.89. The van der Waals surface area contributed by atoms with Crippen LogP contribution in [-0.2, 0) is 16.6 Å². The lowest BCUT2D eigenvalue weighted by Gasteiger charge is -2.11. The minimum Gasteiger partial charge on any atom is -0.464 e. The quantitative estimate of drug-likeness (QED) is 0.692. The van der Waals surface area contributed by atoms with Crippen LogP contribution in [0.5, 0.6) is 0 Å². The van der Waals surface area contributed by atoms with E-state index in [2.05, 4.69) is 9.82 Å². The molecular weight excluding hydrogens is 374 g/mol. The van der Waals surface area contributed by atoms with E-state index in [1.807, 2.05) is 26.0 Å². The number of hydrogen-bond acceptors (Lipinski definition) is 4. The molecule has 1 aromatic carbocycles. The molecule has 8 heteroatoms. The first kappa shape index (κ1) is 18.7. The van der Waals surface area contributed by atoms with E-state index >= 15 is 0 Å². The fraction of sp³-hybridized carbons (Fsp3) is 0.278. The van der Waals surface area contributed by atoms with Gasteiger partial charge in [0.05, 0.1) is 29.0 Å². The minimum absolute atomic E-state index is 0.189. The van der Waals surface area contributed by atoms with Crippen molar-refractivity contribution in [3.8, 4) is 11.3 Å². The number of aryl methyl sites for hydroxylation is 1. The molecular formula is C18H20ClN3O3S. The van der Waals surface area contributed by atoms with Crippen LogP contribution in [0.25, 0.3) is 11.3 Å².